The first-order chi connectivity index (χ1) is 24.7. The summed E-state index contributed by atoms with van der Waals surface area (Å²) in [7, 11) is 0. The van der Waals surface area contributed by atoms with E-state index in [0.29, 0.717) is 12.3 Å². The first kappa shape index (κ1) is 30.8. The van der Waals surface area contributed by atoms with E-state index in [1.54, 1.807) is 0 Å². The standard InChI is InChI=1S/C47H34N2O/c1-3-16-37-32(4-2)29-30-38(34-19-9-6-10-20-34)45(37)43-27-15-26-42(41-25-14-24-40-39-23-11-12-28-44(39)50-46(40)41)48-47(49-43)36-22-13-21-35(31-36)33-17-7-5-8-18-33/h2-3,5-14,16-26,28-31H,15,27H2,1H3/b16-3-,42-26-,48-47-,49-43+. The normalized spacial score (nSPS) is 16.5. The fourth-order valence-corrected chi connectivity index (χ4v) is 6.87. The van der Waals surface area contributed by atoms with Gasteiger partial charge in [0.2, 0.25) is 0 Å². The van der Waals surface area contributed by atoms with Crippen molar-refractivity contribution < 1.29 is 4.42 Å². The molecule has 0 bridgehead atoms. The highest BCUT2D eigenvalue weighted by atomic mass is 16.3. The van der Waals surface area contributed by atoms with Gasteiger partial charge in [-0.3, -0.25) is 0 Å². The van der Waals surface area contributed by atoms with Gasteiger partial charge in [-0.1, -0.05) is 139 Å². The lowest BCUT2D eigenvalue weighted by molar-refractivity contribution is 0.667. The summed E-state index contributed by atoms with van der Waals surface area (Å²) >= 11 is 0. The van der Waals surface area contributed by atoms with E-state index < -0.39 is 0 Å². The SMILES string of the molecule is C#Cc1ccc(-c2ccccc2)c(/C2=N/C(c3cccc(-c4ccccc4)c3)=N\C(c3cccc4c3oc3ccccc34)=C/CC2)c1/C=C\C. The summed E-state index contributed by atoms with van der Waals surface area (Å²) in [6.45, 7) is 2.02. The van der Waals surface area contributed by atoms with Gasteiger partial charge >= 0.3 is 0 Å². The molecule has 8 rings (SSSR count). The molecule has 0 saturated carbocycles. The zero-order chi connectivity index (χ0) is 33.9. The maximum Gasteiger partial charge on any atom is 0.160 e. The molecule has 6 aromatic carbocycles. The molecule has 0 N–H and O–H groups in total. The average Bonchev–Trinajstić information content (AvgIpc) is 3.55. The van der Waals surface area contributed by atoms with Gasteiger partial charge in [0, 0.05) is 33.0 Å². The predicted molar refractivity (Wildman–Crippen MR) is 210 cm³/mol. The number of furan rings is 1. The predicted octanol–water partition coefficient (Wildman–Crippen LogP) is 12.0. The Balaban J connectivity index is 1.38. The molecule has 0 unspecified atom stereocenters. The van der Waals surface area contributed by atoms with Gasteiger partial charge in [0.1, 0.15) is 11.2 Å². The van der Waals surface area contributed by atoms with Crippen molar-refractivity contribution in [2.45, 2.75) is 19.8 Å². The maximum absolute atomic E-state index is 6.48. The van der Waals surface area contributed by atoms with Crippen molar-refractivity contribution in [3.8, 4) is 34.6 Å². The van der Waals surface area contributed by atoms with Gasteiger partial charge in [-0.05, 0) is 71.8 Å². The van der Waals surface area contributed by atoms with Crippen LogP contribution in [0.25, 0.3) is 56.0 Å². The molecule has 1 aromatic heterocycles. The summed E-state index contributed by atoms with van der Waals surface area (Å²) in [5.41, 5.74) is 12.6. The maximum atomic E-state index is 6.48. The van der Waals surface area contributed by atoms with Crippen LogP contribution in [0.1, 0.15) is 47.6 Å². The van der Waals surface area contributed by atoms with Crippen molar-refractivity contribution in [3.05, 3.63) is 179 Å². The number of rotatable bonds is 6. The van der Waals surface area contributed by atoms with E-state index in [4.69, 9.17) is 20.8 Å². The summed E-state index contributed by atoms with van der Waals surface area (Å²) in [5.74, 6) is 3.57. The number of nitrogens with zero attached hydrogens (tertiary/aromatic N) is 2. The lowest BCUT2D eigenvalue weighted by atomic mass is 9.87. The Kier molecular flexibility index (Phi) is 8.35. The number of hydrogen-bond donors (Lipinski definition) is 0. The Labute approximate surface area is 292 Å². The minimum atomic E-state index is 0.633. The van der Waals surface area contributed by atoms with Gasteiger partial charge in [0.05, 0.1) is 11.4 Å². The summed E-state index contributed by atoms with van der Waals surface area (Å²) in [5, 5.41) is 2.16. The van der Waals surface area contributed by atoms with Crippen molar-refractivity contribution >= 4 is 45.3 Å². The summed E-state index contributed by atoms with van der Waals surface area (Å²) in [6.07, 6.45) is 13.9. The number of amidine groups is 1. The minimum absolute atomic E-state index is 0.633. The third-order valence-corrected chi connectivity index (χ3v) is 9.20. The lowest BCUT2D eigenvalue weighted by Crippen LogP contribution is -2.13. The molecule has 0 spiro atoms. The fraction of sp³-hybridized carbons (Fsp3) is 0.0638. The van der Waals surface area contributed by atoms with E-state index in [0.717, 1.165) is 89.8 Å². The van der Waals surface area contributed by atoms with E-state index >= 15 is 0 Å². The lowest BCUT2D eigenvalue weighted by Gasteiger charge is -2.19. The quantitative estimate of drug-likeness (QED) is 0.166. The van der Waals surface area contributed by atoms with Gasteiger partial charge in [0.15, 0.2) is 5.84 Å². The molecule has 3 heteroatoms. The molecule has 50 heavy (non-hydrogen) atoms. The number of fused-ring (bicyclic) bond motifs is 3. The van der Waals surface area contributed by atoms with Gasteiger partial charge in [-0.15, -0.1) is 6.42 Å². The van der Waals surface area contributed by atoms with E-state index in [1.807, 2.05) is 49.4 Å². The zero-order valence-electron chi connectivity index (χ0n) is 27.8. The minimum Gasteiger partial charge on any atom is -0.455 e. The molecule has 0 amide bonds. The topological polar surface area (TPSA) is 37.9 Å². The highest BCUT2D eigenvalue weighted by molar-refractivity contribution is 6.18. The molecular formula is C47H34N2O. The number of hydrogen-bond acceptors (Lipinski definition) is 3. The Bertz CT molecular complexity index is 2540. The molecule has 3 nitrogen and oxygen atoms in total. The largest absolute Gasteiger partial charge is 0.455 e. The number of para-hydroxylation sites is 2. The van der Waals surface area contributed by atoms with Crippen LogP contribution in [0.4, 0.5) is 0 Å². The van der Waals surface area contributed by atoms with Crippen LogP contribution >= 0.6 is 0 Å². The number of allylic oxidation sites excluding steroid dienone is 2. The molecule has 1 aliphatic heterocycles. The first-order valence-electron chi connectivity index (χ1n) is 17.0. The van der Waals surface area contributed by atoms with E-state index in [1.165, 1.54) is 0 Å². The second-order valence-electron chi connectivity index (χ2n) is 12.3. The number of benzene rings is 6. The molecule has 0 atom stereocenters. The monoisotopic (exact) mass is 642 g/mol. The second kappa shape index (κ2) is 13.5. The van der Waals surface area contributed by atoms with Gasteiger partial charge in [-0.25, -0.2) is 9.98 Å². The van der Waals surface area contributed by atoms with Crippen LogP contribution < -0.4 is 0 Å². The van der Waals surface area contributed by atoms with Gasteiger partial charge in [0.25, 0.3) is 0 Å². The summed E-state index contributed by atoms with van der Waals surface area (Å²) < 4.78 is 6.48. The average molecular weight is 643 g/mol. The molecule has 0 aliphatic carbocycles. The van der Waals surface area contributed by atoms with Crippen LogP contribution in [0.3, 0.4) is 0 Å². The Morgan fingerprint density at radius 1 is 0.660 bits per heavy atom. The van der Waals surface area contributed by atoms with E-state index in [2.05, 4.69) is 121 Å². The molecule has 7 aromatic rings. The summed E-state index contributed by atoms with van der Waals surface area (Å²) in [6, 6.07) is 48.0. The van der Waals surface area contributed by atoms with Crippen LogP contribution in [-0.4, -0.2) is 11.5 Å². The Morgan fingerprint density at radius 3 is 2.16 bits per heavy atom. The number of aliphatic imine (C=N–C) groups is 2. The Morgan fingerprint density at radius 2 is 1.36 bits per heavy atom. The molecule has 0 saturated heterocycles. The fourth-order valence-electron chi connectivity index (χ4n) is 6.87. The molecule has 1 aliphatic rings. The van der Waals surface area contributed by atoms with Crippen molar-refractivity contribution in [2.24, 2.45) is 9.98 Å². The van der Waals surface area contributed by atoms with Crippen molar-refractivity contribution in [2.75, 3.05) is 0 Å². The van der Waals surface area contributed by atoms with Crippen molar-refractivity contribution in [3.63, 3.8) is 0 Å². The van der Waals surface area contributed by atoms with Crippen LogP contribution in [-0.2, 0) is 0 Å². The van der Waals surface area contributed by atoms with Crippen molar-refractivity contribution in [1.82, 2.24) is 0 Å². The van der Waals surface area contributed by atoms with Crippen LogP contribution in [0.15, 0.2) is 166 Å². The molecule has 238 valence electrons. The third-order valence-electron chi connectivity index (χ3n) is 9.20. The van der Waals surface area contributed by atoms with E-state index in [-0.39, 0.29) is 0 Å². The highest BCUT2D eigenvalue weighted by Gasteiger charge is 2.22. The summed E-state index contributed by atoms with van der Waals surface area (Å²) in [4.78, 5) is 10.9. The first-order valence-corrected chi connectivity index (χ1v) is 17.0. The van der Waals surface area contributed by atoms with Crippen LogP contribution in [0, 0.1) is 12.3 Å². The van der Waals surface area contributed by atoms with Crippen LogP contribution in [0.5, 0.6) is 0 Å². The van der Waals surface area contributed by atoms with Gasteiger partial charge < -0.3 is 4.42 Å². The van der Waals surface area contributed by atoms with Crippen LogP contribution in [0.2, 0.25) is 0 Å². The Hall–Kier alpha value is -6.50. The molecule has 0 fully saturated rings. The number of terminal acetylenes is 1. The third kappa shape index (κ3) is 5.78. The van der Waals surface area contributed by atoms with Gasteiger partial charge in [-0.2, -0.15) is 0 Å². The molecule has 0 radical (unpaired) electrons. The molecular weight excluding hydrogens is 609 g/mol. The van der Waals surface area contributed by atoms with Crippen molar-refractivity contribution in [1.29, 1.82) is 0 Å². The smallest absolute Gasteiger partial charge is 0.160 e. The second-order valence-corrected chi connectivity index (χ2v) is 12.3. The highest BCUT2D eigenvalue weighted by Crippen LogP contribution is 2.37. The zero-order valence-corrected chi connectivity index (χ0v) is 27.8. The molecule has 2 heterocycles. The van der Waals surface area contributed by atoms with E-state index in [9.17, 15) is 0 Å².